The summed E-state index contributed by atoms with van der Waals surface area (Å²) >= 11 is 0. The number of para-hydroxylation sites is 1. The van der Waals surface area contributed by atoms with Crippen molar-refractivity contribution in [2.24, 2.45) is 5.73 Å². The smallest absolute Gasteiger partial charge is 0.329 e. The van der Waals surface area contributed by atoms with E-state index in [0.717, 1.165) is 5.56 Å². The van der Waals surface area contributed by atoms with Gasteiger partial charge in [-0.25, -0.2) is 4.79 Å². The highest BCUT2D eigenvalue weighted by Crippen LogP contribution is 2.28. The SMILES string of the molecule is Cl.NC(=O)CCNCC1Cc2cccc3c(=O)[nH]c(=O)n1c23. The normalized spacial score (nSPS) is 15.7. The van der Waals surface area contributed by atoms with Crippen LogP contribution in [0.3, 0.4) is 0 Å². The lowest BCUT2D eigenvalue weighted by atomic mass is 10.1. The highest BCUT2D eigenvalue weighted by atomic mass is 35.5. The number of nitrogens with two attached hydrogens (primary N) is 1. The average molecular weight is 325 g/mol. The topological polar surface area (TPSA) is 110 Å². The van der Waals surface area contributed by atoms with Crippen LogP contribution in [0.15, 0.2) is 27.8 Å². The molecule has 3 rings (SSSR count). The number of H-pyrrole nitrogens is 1. The van der Waals surface area contributed by atoms with Crippen LogP contribution in [0.1, 0.15) is 18.0 Å². The highest BCUT2D eigenvalue weighted by Gasteiger charge is 2.25. The van der Waals surface area contributed by atoms with Gasteiger partial charge in [0.2, 0.25) is 5.91 Å². The number of amides is 1. The molecule has 1 amide bonds. The number of carbonyl (C=O) groups excluding carboxylic acids is 1. The molecule has 0 spiro atoms. The maximum atomic E-state index is 12.1. The fourth-order valence-electron chi connectivity index (χ4n) is 2.89. The van der Waals surface area contributed by atoms with Gasteiger partial charge in [0, 0.05) is 19.5 Å². The van der Waals surface area contributed by atoms with Gasteiger partial charge in [0.05, 0.1) is 16.9 Å². The van der Waals surface area contributed by atoms with Gasteiger partial charge in [-0.05, 0) is 18.1 Å². The third kappa shape index (κ3) is 2.77. The van der Waals surface area contributed by atoms with Crippen molar-refractivity contribution in [3.05, 3.63) is 44.6 Å². The zero-order valence-electron chi connectivity index (χ0n) is 11.8. The van der Waals surface area contributed by atoms with E-state index in [1.54, 1.807) is 10.6 Å². The lowest BCUT2D eigenvalue weighted by molar-refractivity contribution is -0.117. The van der Waals surface area contributed by atoms with Crippen molar-refractivity contribution in [1.29, 1.82) is 0 Å². The van der Waals surface area contributed by atoms with E-state index in [1.165, 1.54) is 0 Å². The van der Waals surface area contributed by atoms with Crippen molar-refractivity contribution in [3.8, 4) is 0 Å². The second-order valence-electron chi connectivity index (χ2n) is 5.22. The molecule has 1 aromatic heterocycles. The molecular weight excluding hydrogens is 308 g/mol. The maximum Gasteiger partial charge on any atom is 0.329 e. The first-order valence-electron chi connectivity index (χ1n) is 6.83. The Morgan fingerprint density at radius 2 is 2.18 bits per heavy atom. The number of carbonyl (C=O) groups is 1. The van der Waals surface area contributed by atoms with Crippen LogP contribution in [0.25, 0.3) is 10.9 Å². The summed E-state index contributed by atoms with van der Waals surface area (Å²) in [7, 11) is 0. The summed E-state index contributed by atoms with van der Waals surface area (Å²) in [5, 5.41) is 3.66. The number of primary amides is 1. The molecule has 118 valence electrons. The summed E-state index contributed by atoms with van der Waals surface area (Å²) in [5.74, 6) is -0.360. The number of nitrogens with one attached hydrogen (secondary N) is 2. The molecule has 0 bridgehead atoms. The Bertz CT molecular complexity index is 827. The molecule has 0 fully saturated rings. The van der Waals surface area contributed by atoms with Gasteiger partial charge in [-0.2, -0.15) is 0 Å². The number of aromatic amines is 1. The monoisotopic (exact) mass is 324 g/mol. The summed E-state index contributed by atoms with van der Waals surface area (Å²) in [5.41, 5.74) is 6.06. The van der Waals surface area contributed by atoms with Gasteiger partial charge in [0.15, 0.2) is 0 Å². The van der Waals surface area contributed by atoms with E-state index in [1.807, 2.05) is 12.1 Å². The molecule has 1 aliphatic rings. The van der Waals surface area contributed by atoms with E-state index in [-0.39, 0.29) is 42.0 Å². The molecule has 22 heavy (non-hydrogen) atoms. The summed E-state index contributed by atoms with van der Waals surface area (Å²) < 4.78 is 1.63. The molecule has 0 saturated carbocycles. The number of halogens is 1. The summed E-state index contributed by atoms with van der Waals surface area (Å²) in [6.07, 6.45) is 0.947. The lowest BCUT2D eigenvalue weighted by Gasteiger charge is -2.14. The lowest BCUT2D eigenvalue weighted by Crippen LogP contribution is -2.35. The van der Waals surface area contributed by atoms with E-state index < -0.39 is 0 Å². The largest absolute Gasteiger partial charge is 0.370 e. The molecule has 0 saturated heterocycles. The second kappa shape index (κ2) is 6.33. The zero-order chi connectivity index (χ0) is 15.0. The van der Waals surface area contributed by atoms with E-state index in [2.05, 4.69) is 10.3 Å². The van der Waals surface area contributed by atoms with Crippen molar-refractivity contribution in [3.63, 3.8) is 0 Å². The summed E-state index contributed by atoms with van der Waals surface area (Å²) in [6.45, 7) is 1.02. The minimum absolute atomic E-state index is 0. The molecule has 2 heterocycles. The van der Waals surface area contributed by atoms with Crippen LogP contribution in [0, 0.1) is 0 Å². The Balaban J connectivity index is 0.00000176. The molecule has 1 atom stereocenters. The maximum absolute atomic E-state index is 12.1. The van der Waals surface area contributed by atoms with Gasteiger partial charge >= 0.3 is 5.69 Å². The Kier molecular flexibility index (Phi) is 4.68. The summed E-state index contributed by atoms with van der Waals surface area (Å²) in [6, 6.07) is 5.41. The molecule has 2 aromatic rings. The van der Waals surface area contributed by atoms with Crippen molar-refractivity contribution in [2.45, 2.75) is 18.9 Å². The number of rotatable bonds is 5. The van der Waals surface area contributed by atoms with Gasteiger partial charge in [-0.1, -0.05) is 12.1 Å². The fraction of sp³-hybridized carbons (Fsp3) is 0.357. The average Bonchev–Trinajstić information content (AvgIpc) is 2.80. The number of benzene rings is 1. The van der Waals surface area contributed by atoms with Crippen molar-refractivity contribution < 1.29 is 4.79 Å². The van der Waals surface area contributed by atoms with Gasteiger partial charge < -0.3 is 11.1 Å². The third-order valence-electron chi connectivity index (χ3n) is 3.79. The quantitative estimate of drug-likeness (QED) is 0.654. The van der Waals surface area contributed by atoms with Gasteiger partial charge in [0.1, 0.15) is 0 Å². The predicted molar refractivity (Wildman–Crippen MR) is 85.5 cm³/mol. The predicted octanol–water partition coefficient (Wildman–Crippen LogP) is -0.326. The van der Waals surface area contributed by atoms with E-state index in [0.29, 0.717) is 30.4 Å². The third-order valence-corrected chi connectivity index (χ3v) is 3.79. The van der Waals surface area contributed by atoms with Crippen LogP contribution in [0.4, 0.5) is 0 Å². The Labute approximate surface area is 131 Å². The van der Waals surface area contributed by atoms with Crippen LogP contribution < -0.4 is 22.3 Å². The number of nitrogens with zero attached hydrogens (tertiary/aromatic N) is 1. The molecule has 1 unspecified atom stereocenters. The van der Waals surface area contributed by atoms with Crippen LogP contribution >= 0.6 is 12.4 Å². The molecule has 4 N–H and O–H groups in total. The molecule has 1 aromatic carbocycles. The zero-order valence-corrected chi connectivity index (χ0v) is 12.6. The van der Waals surface area contributed by atoms with E-state index >= 15 is 0 Å². The van der Waals surface area contributed by atoms with Gasteiger partial charge in [-0.15, -0.1) is 12.4 Å². The minimum atomic E-state index is -0.390. The van der Waals surface area contributed by atoms with Crippen molar-refractivity contribution in [2.75, 3.05) is 13.1 Å². The highest BCUT2D eigenvalue weighted by molar-refractivity contribution is 5.85. The minimum Gasteiger partial charge on any atom is -0.370 e. The molecule has 0 radical (unpaired) electrons. The van der Waals surface area contributed by atoms with Gasteiger partial charge in [0.25, 0.3) is 5.56 Å². The van der Waals surface area contributed by atoms with Crippen LogP contribution in [-0.2, 0) is 11.2 Å². The van der Waals surface area contributed by atoms with Gasteiger partial charge in [-0.3, -0.25) is 19.1 Å². The molecular formula is C14H17ClN4O3. The van der Waals surface area contributed by atoms with Crippen molar-refractivity contribution in [1.82, 2.24) is 14.9 Å². The van der Waals surface area contributed by atoms with E-state index in [9.17, 15) is 14.4 Å². The first-order chi connectivity index (χ1) is 10.1. The number of hydrogen-bond acceptors (Lipinski definition) is 4. The first-order valence-corrected chi connectivity index (χ1v) is 6.83. The van der Waals surface area contributed by atoms with Crippen LogP contribution in [-0.4, -0.2) is 28.5 Å². The Hall–Kier alpha value is -2.12. The molecule has 8 heteroatoms. The standard InChI is InChI=1S/C14H16N4O3.ClH/c15-11(19)4-5-16-7-9-6-8-2-1-3-10-12(8)18(9)14(21)17-13(10)20;/h1-3,9,16H,4-7H2,(H2,15,19)(H,17,20,21);1H. The molecule has 0 aliphatic carbocycles. The Morgan fingerprint density at radius 1 is 1.41 bits per heavy atom. The fourth-order valence-corrected chi connectivity index (χ4v) is 2.89. The summed E-state index contributed by atoms with van der Waals surface area (Å²) in [4.78, 5) is 37.0. The number of aromatic nitrogens is 2. The van der Waals surface area contributed by atoms with Crippen molar-refractivity contribution >= 4 is 29.2 Å². The van der Waals surface area contributed by atoms with Crippen LogP contribution in [0.5, 0.6) is 0 Å². The van der Waals surface area contributed by atoms with E-state index in [4.69, 9.17) is 5.73 Å². The number of hydrogen-bond donors (Lipinski definition) is 3. The second-order valence-corrected chi connectivity index (χ2v) is 5.22. The van der Waals surface area contributed by atoms with Crippen LogP contribution in [0.2, 0.25) is 0 Å². The Morgan fingerprint density at radius 3 is 2.91 bits per heavy atom. The molecule has 1 aliphatic heterocycles. The molecule has 7 nitrogen and oxygen atoms in total. The first kappa shape index (κ1) is 16.3.